The number of anilines is 2. The zero-order valence-electron chi connectivity index (χ0n) is 15.8. The van der Waals surface area contributed by atoms with Crippen molar-refractivity contribution in [3.63, 3.8) is 0 Å². The van der Waals surface area contributed by atoms with Gasteiger partial charge in [0.2, 0.25) is 0 Å². The first-order valence-corrected chi connectivity index (χ1v) is 10.0. The third kappa shape index (κ3) is 3.57. The van der Waals surface area contributed by atoms with E-state index in [1.54, 1.807) is 43.4 Å². The number of amides is 1. The lowest BCUT2D eigenvalue weighted by molar-refractivity contribution is 0.0974. The molecule has 3 aromatic carbocycles. The van der Waals surface area contributed by atoms with E-state index in [2.05, 4.69) is 27.9 Å². The molecule has 1 heterocycles. The third-order valence-corrected chi connectivity index (χ3v) is 5.51. The van der Waals surface area contributed by atoms with Crippen molar-refractivity contribution in [3.8, 4) is 17.2 Å². The van der Waals surface area contributed by atoms with Gasteiger partial charge in [-0.3, -0.25) is 9.69 Å². The summed E-state index contributed by atoms with van der Waals surface area (Å²) >= 11 is 2.19. The van der Waals surface area contributed by atoms with Crippen LogP contribution in [0.1, 0.15) is 22.1 Å². The van der Waals surface area contributed by atoms with E-state index >= 15 is 0 Å². The fraction of sp³-hybridized carbons (Fsp3) is 0.136. The van der Waals surface area contributed by atoms with Gasteiger partial charge in [-0.2, -0.15) is 0 Å². The normalized spacial score (nSPS) is 15.5. The molecule has 29 heavy (non-hydrogen) atoms. The van der Waals surface area contributed by atoms with Gasteiger partial charge in [-0.25, -0.2) is 0 Å². The third-order valence-electron chi connectivity index (χ3n) is 4.84. The first-order valence-electron chi connectivity index (χ1n) is 8.92. The number of carbonyl (C=O) groups is 1. The van der Waals surface area contributed by atoms with E-state index in [0.29, 0.717) is 34.0 Å². The van der Waals surface area contributed by atoms with Gasteiger partial charge in [0.05, 0.1) is 25.5 Å². The Kier molecular flexibility index (Phi) is 5.23. The minimum Gasteiger partial charge on any atom is -0.508 e. The maximum absolute atomic E-state index is 13.5. The molecular weight excluding hydrogens is 483 g/mol. The van der Waals surface area contributed by atoms with Gasteiger partial charge in [-0.15, -0.1) is 0 Å². The summed E-state index contributed by atoms with van der Waals surface area (Å²) in [5.41, 5.74) is 2.46. The van der Waals surface area contributed by atoms with Crippen LogP contribution in [-0.2, 0) is 0 Å². The van der Waals surface area contributed by atoms with Crippen LogP contribution < -0.4 is 19.7 Å². The molecule has 0 fully saturated rings. The zero-order chi connectivity index (χ0) is 20.5. The summed E-state index contributed by atoms with van der Waals surface area (Å²) in [4.78, 5) is 15.2. The number of hydrogen-bond donors (Lipinski definition) is 2. The summed E-state index contributed by atoms with van der Waals surface area (Å²) in [6, 6.07) is 17.9. The van der Waals surface area contributed by atoms with Crippen molar-refractivity contribution in [1.29, 1.82) is 0 Å². The molecule has 148 valence electrons. The monoisotopic (exact) mass is 502 g/mol. The molecule has 0 bridgehead atoms. The Balaban J connectivity index is 1.91. The summed E-state index contributed by atoms with van der Waals surface area (Å²) in [5.74, 6) is 1.12. The predicted octanol–water partition coefficient (Wildman–Crippen LogP) is 4.79. The van der Waals surface area contributed by atoms with Crippen LogP contribution in [0.2, 0.25) is 0 Å². The molecule has 0 saturated heterocycles. The Labute approximate surface area is 182 Å². The van der Waals surface area contributed by atoms with Crippen molar-refractivity contribution in [3.05, 3.63) is 75.4 Å². The molecular formula is C22H19IN2O4. The Bertz CT molecular complexity index is 1090. The molecule has 7 heteroatoms. The number of phenols is 1. The van der Waals surface area contributed by atoms with Gasteiger partial charge in [0.25, 0.3) is 5.91 Å². The fourth-order valence-electron chi connectivity index (χ4n) is 3.40. The molecule has 0 spiro atoms. The van der Waals surface area contributed by atoms with Crippen molar-refractivity contribution in [1.82, 2.24) is 0 Å². The number of nitrogens with zero attached hydrogens (tertiary/aromatic N) is 1. The lowest BCUT2D eigenvalue weighted by atomic mass is 10.0. The molecule has 0 aliphatic carbocycles. The lowest BCUT2D eigenvalue weighted by Gasteiger charge is -2.38. The van der Waals surface area contributed by atoms with E-state index < -0.39 is 6.17 Å². The molecule has 1 aliphatic heterocycles. The largest absolute Gasteiger partial charge is 0.508 e. The van der Waals surface area contributed by atoms with Crippen molar-refractivity contribution in [2.75, 3.05) is 24.4 Å². The van der Waals surface area contributed by atoms with E-state index in [-0.39, 0.29) is 11.7 Å². The van der Waals surface area contributed by atoms with Gasteiger partial charge in [-0.1, -0.05) is 6.07 Å². The molecule has 1 amide bonds. The molecule has 2 N–H and O–H groups in total. The van der Waals surface area contributed by atoms with E-state index in [9.17, 15) is 9.90 Å². The van der Waals surface area contributed by atoms with Crippen LogP contribution in [0.15, 0.2) is 60.7 Å². The molecule has 0 saturated carbocycles. The SMILES string of the molecule is COc1cccc(N2C(=O)c3cc(I)ccc3NC2c2cc(OC)ccc2O)c1. The number of nitrogens with one attached hydrogen (secondary N) is 1. The molecule has 1 aliphatic rings. The van der Waals surface area contributed by atoms with Crippen LogP contribution in [0.5, 0.6) is 17.2 Å². The van der Waals surface area contributed by atoms with Crippen LogP contribution in [-0.4, -0.2) is 25.2 Å². The standard InChI is InChI=1S/C22H19IN2O4/c1-28-15-5-3-4-14(11-15)25-21(18-12-16(29-2)7-9-20(18)26)24-19-8-6-13(23)10-17(19)22(25)27/h3-12,21,24,26H,1-2H3. The van der Waals surface area contributed by atoms with E-state index in [0.717, 1.165) is 3.57 Å². The number of halogens is 1. The quantitative estimate of drug-likeness (QED) is 0.503. The van der Waals surface area contributed by atoms with Crippen molar-refractivity contribution < 1.29 is 19.4 Å². The Morgan fingerprint density at radius 2 is 1.76 bits per heavy atom. The number of hydrogen-bond acceptors (Lipinski definition) is 5. The summed E-state index contributed by atoms with van der Waals surface area (Å²) in [6.07, 6.45) is -0.628. The van der Waals surface area contributed by atoms with Crippen molar-refractivity contribution >= 4 is 39.9 Å². The first kappa shape index (κ1) is 19.4. The Hall–Kier alpha value is -2.94. The van der Waals surface area contributed by atoms with E-state index in [1.807, 2.05) is 36.4 Å². The van der Waals surface area contributed by atoms with Gasteiger partial charge in [0, 0.05) is 20.9 Å². The molecule has 1 unspecified atom stereocenters. The highest BCUT2D eigenvalue weighted by Crippen LogP contribution is 2.41. The number of fused-ring (bicyclic) bond motifs is 1. The van der Waals surface area contributed by atoms with Crippen molar-refractivity contribution in [2.45, 2.75) is 6.17 Å². The number of aromatic hydroxyl groups is 1. The number of methoxy groups -OCH3 is 2. The first-order chi connectivity index (χ1) is 14.0. The number of carbonyl (C=O) groups excluding carboxylic acids is 1. The van der Waals surface area contributed by atoms with Crippen LogP contribution in [0.4, 0.5) is 11.4 Å². The van der Waals surface area contributed by atoms with Gasteiger partial charge in [0.15, 0.2) is 0 Å². The summed E-state index contributed by atoms with van der Waals surface area (Å²) < 4.78 is 11.6. The second kappa shape index (κ2) is 7.82. The predicted molar refractivity (Wildman–Crippen MR) is 120 cm³/mol. The van der Waals surface area contributed by atoms with Crippen LogP contribution in [0, 0.1) is 3.57 Å². The topological polar surface area (TPSA) is 71.0 Å². The molecule has 3 aromatic rings. The molecule has 1 atom stereocenters. The smallest absolute Gasteiger partial charge is 0.262 e. The fourth-order valence-corrected chi connectivity index (χ4v) is 3.89. The number of rotatable bonds is 4. The average Bonchev–Trinajstić information content (AvgIpc) is 2.74. The van der Waals surface area contributed by atoms with E-state index in [1.165, 1.54) is 0 Å². The van der Waals surface area contributed by atoms with Gasteiger partial charge in [-0.05, 0) is 71.1 Å². The zero-order valence-corrected chi connectivity index (χ0v) is 18.0. The van der Waals surface area contributed by atoms with Crippen LogP contribution in [0.25, 0.3) is 0 Å². The maximum atomic E-state index is 13.5. The highest BCUT2D eigenvalue weighted by atomic mass is 127. The van der Waals surface area contributed by atoms with Gasteiger partial charge < -0.3 is 19.9 Å². The second-order valence-corrected chi connectivity index (χ2v) is 7.78. The molecule has 4 rings (SSSR count). The van der Waals surface area contributed by atoms with E-state index in [4.69, 9.17) is 9.47 Å². The summed E-state index contributed by atoms with van der Waals surface area (Å²) in [5, 5.41) is 14.0. The Morgan fingerprint density at radius 3 is 2.52 bits per heavy atom. The number of ether oxygens (including phenoxy) is 2. The Morgan fingerprint density at radius 1 is 1.00 bits per heavy atom. The highest BCUT2D eigenvalue weighted by Gasteiger charge is 2.36. The van der Waals surface area contributed by atoms with Crippen molar-refractivity contribution in [2.24, 2.45) is 0 Å². The average molecular weight is 502 g/mol. The highest BCUT2D eigenvalue weighted by molar-refractivity contribution is 14.1. The van der Waals surface area contributed by atoms with Gasteiger partial charge in [0.1, 0.15) is 23.4 Å². The minimum absolute atomic E-state index is 0.0676. The number of phenolic OH excluding ortho intramolecular Hbond substituents is 1. The summed E-state index contributed by atoms with van der Waals surface area (Å²) in [6.45, 7) is 0. The summed E-state index contributed by atoms with van der Waals surface area (Å²) in [7, 11) is 3.14. The van der Waals surface area contributed by atoms with Crippen LogP contribution >= 0.6 is 22.6 Å². The molecule has 6 nitrogen and oxygen atoms in total. The molecule has 0 aromatic heterocycles. The maximum Gasteiger partial charge on any atom is 0.262 e. The van der Waals surface area contributed by atoms with Gasteiger partial charge >= 0.3 is 0 Å². The minimum atomic E-state index is -0.628. The lowest BCUT2D eigenvalue weighted by Crippen LogP contribution is -2.43. The van der Waals surface area contributed by atoms with Crippen LogP contribution in [0.3, 0.4) is 0 Å². The molecule has 0 radical (unpaired) electrons. The number of benzene rings is 3. The second-order valence-electron chi connectivity index (χ2n) is 6.54.